The van der Waals surface area contributed by atoms with E-state index < -0.39 is 0 Å². The van der Waals surface area contributed by atoms with Crippen LogP contribution in [0.1, 0.15) is 19.3 Å². The Morgan fingerprint density at radius 2 is 2.00 bits per heavy atom. The van der Waals surface area contributed by atoms with E-state index >= 15 is 0 Å². The van der Waals surface area contributed by atoms with Crippen molar-refractivity contribution in [2.24, 2.45) is 5.92 Å². The van der Waals surface area contributed by atoms with Gasteiger partial charge in [-0.25, -0.2) is 0 Å². The second kappa shape index (κ2) is 4.86. The van der Waals surface area contributed by atoms with Crippen LogP contribution in [-0.2, 0) is 0 Å². The van der Waals surface area contributed by atoms with Gasteiger partial charge in [0, 0.05) is 11.6 Å². The lowest BCUT2D eigenvalue weighted by molar-refractivity contribution is 0.183. The van der Waals surface area contributed by atoms with Crippen LogP contribution in [0.25, 0.3) is 0 Å². The summed E-state index contributed by atoms with van der Waals surface area (Å²) in [4.78, 5) is 0. The third-order valence-corrected chi connectivity index (χ3v) is 3.12. The van der Waals surface area contributed by atoms with Gasteiger partial charge in [-0.05, 0) is 49.4 Å². The van der Waals surface area contributed by atoms with Gasteiger partial charge in [-0.2, -0.15) is 0 Å². The largest absolute Gasteiger partial charge is 0.490 e. The zero-order chi connectivity index (χ0) is 10.7. The third-order valence-electron chi connectivity index (χ3n) is 2.87. The van der Waals surface area contributed by atoms with Gasteiger partial charge in [0.1, 0.15) is 5.75 Å². The van der Waals surface area contributed by atoms with Crippen LogP contribution in [0.4, 0.5) is 0 Å². The Kier molecular flexibility index (Phi) is 3.49. The van der Waals surface area contributed by atoms with Crippen LogP contribution >= 0.6 is 11.6 Å². The van der Waals surface area contributed by atoms with E-state index in [0.29, 0.717) is 5.92 Å². The van der Waals surface area contributed by atoms with Crippen molar-refractivity contribution in [1.82, 2.24) is 0 Å². The maximum atomic E-state index is 9.01. The van der Waals surface area contributed by atoms with Crippen LogP contribution in [0, 0.1) is 5.92 Å². The molecule has 0 saturated heterocycles. The first kappa shape index (κ1) is 10.8. The zero-order valence-electron chi connectivity index (χ0n) is 8.53. The van der Waals surface area contributed by atoms with Crippen molar-refractivity contribution in [2.75, 3.05) is 6.61 Å². The Labute approximate surface area is 94.8 Å². The summed E-state index contributed by atoms with van der Waals surface area (Å²) >= 11 is 5.79. The summed E-state index contributed by atoms with van der Waals surface area (Å²) < 4.78 is 5.79. The minimum absolute atomic E-state index is 0.253. The topological polar surface area (TPSA) is 29.5 Å². The summed E-state index contributed by atoms with van der Waals surface area (Å²) in [6.45, 7) is 0.278. The van der Waals surface area contributed by atoms with E-state index in [-0.39, 0.29) is 12.7 Å². The Morgan fingerprint density at radius 1 is 1.27 bits per heavy atom. The normalized spacial score (nSPS) is 25.5. The van der Waals surface area contributed by atoms with Crippen molar-refractivity contribution in [2.45, 2.75) is 25.4 Å². The molecular weight excluding hydrogens is 212 g/mol. The van der Waals surface area contributed by atoms with Crippen molar-refractivity contribution in [3.8, 4) is 5.75 Å². The Balaban J connectivity index is 1.90. The van der Waals surface area contributed by atoms with Crippen molar-refractivity contribution < 1.29 is 9.84 Å². The molecule has 82 valence electrons. The smallest absolute Gasteiger partial charge is 0.119 e. The average molecular weight is 227 g/mol. The van der Waals surface area contributed by atoms with Gasteiger partial charge in [0.15, 0.2) is 0 Å². The van der Waals surface area contributed by atoms with Crippen LogP contribution in [0.3, 0.4) is 0 Å². The number of aliphatic hydroxyl groups excluding tert-OH is 1. The fourth-order valence-corrected chi connectivity index (χ4v) is 2.13. The highest BCUT2D eigenvalue weighted by Gasteiger charge is 2.25. The van der Waals surface area contributed by atoms with E-state index in [9.17, 15) is 0 Å². The number of hydrogen-bond acceptors (Lipinski definition) is 2. The summed E-state index contributed by atoms with van der Waals surface area (Å²) in [6.07, 6.45) is 3.31. The van der Waals surface area contributed by atoms with Gasteiger partial charge in [0.25, 0.3) is 0 Å². The summed E-state index contributed by atoms with van der Waals surface area (Å²) in [5.74, 6) is 1.28. The molecule has 0 spiro atoms. The molecule has 1 aromatic carbocycles. The predicted molar refractivity (Wildman–Crippen MR) is 60.3 cm³/mol. The molecule has 0 aliphatic heterocycles. The first-order valence-electron chi connectivity index (χ1n) is 5.31. The van der Waals surface area contributed by atoms with Crippen molar-refractivity contribution >= 4 is 11.6 Å². The zero-order valence-corrected chi connectivity index (χ0v) is 9.28. The summed E-state index contributed by atoms with van der Waals surface area (Å²) in [5.41, 5.74) is 0. The lowest BCUT2D eigenvalue weighted by atomic mass is 10.1. The molecule has 1 aliphatic rings. The Bertz CT molecular complexity index is 310. The molecule has 1 aromatic rings. The molecule has 0 amide bonds. The minimum Gasteiger partial charge on any atom is -0.490 e. The van der Waals surface area contributed by atoms with E-state index in [4.69, 9.17) is 21.4 Å². The molecule has 1 N–H and O–H groups in total. The first-order valence-corrected chi connectivity index (χ1v) is 5.69. The van der Waals surface area contributed by atoms with E-state index in [1.165, 1.54) is 0 Å². The van der Waals surface area contributed by atoms with E-state index in [0.717, 1.165) is 30.0 Å². The van der Waals surface area contributed by atoms with Gasteiger partial charge in [-0.15, -0.1) is 0 Å². The van der Waals surface area contributed by atoms with Crippen LogP contribution in [0.5, 0.6) is 5.75 Å². The third kappa shape index (κ3) is 2.86. The standard InChI is InChI=1S/C12H15ClO2/c13-10-2-5-11(6-3-10)15-12-4-1-9(7-12)8-14/h2-3,5-6,9,12,14H,1,4,7-8H2. The quantitative estimate of drug-likeness (QED) is 0.859. The molecule has 1 saturated carbocycles. The van der Waals surface area contributed by atoms with Gasteiger partial charge in [-0.1, -0.05) is 11.6 Å². The average Bonchev–Trinajstić information content (AvgIpc) is 2.69. The number of ether oxygens (including phenoxy) is 1. The van der Waals surface area contributed by atoms with E-state index in [1.807, 2.05) is 24.3 Å². The molecule has 2 nitrogen and oxygen atoms in total. The molecule has 2 atom stereocenters. The molecule has 0 heterocycles. The van der Waals surface area contributed by atoms with E-state index in [2.05, 4.69) is 0 Å². The van der Waals surface area contributed by atoms with Crippen LogP contribution in [0.15, 0.2) is 24.3 Å². The van der Waals surface area contributed by atoms with Crippen molar-refractivity contribution in [3.63, 3.8) is 0 Å². The van der Waals surface area contributed by atoms with Crippen LogP contribution in [0.2, 0.25) is 5.02 Å². The monoisotopic (exact) mass is 226 g/mol. The van der Waals surface area contributed by atoms with Gasteiger partial charge >= 0.3 is 0 Å². The second-order valence-corrected chi connectivity index (χ2v) is 4.49. The molecule has 15 heavy (non-hydrogen) atoms. The Hall–Kier alpha value is -0.730. The number of halogens is 1. The fourth-order valence-electron chi connectivity index (χ4n) is 2.01. The maximum Gasteiger partial charge on any atom is 0.119 e. The van der Waals surface area contributed by atoms with Gasteiger partial charge in [0.05, 0.1) is 6.10 Å². The lowest BCUT2D eigenvalue weighted by Crippen LogP contribution is -2.12. The molecule has 0 radical (unpaired) electrons. The first-order chi connectivity index (χ1) is 7.28. The minimum atomic E-state index is 0.253. The van der Waals surface area contributed by atoms with Gasteiger partial charge in [-0.3, -0.25) is 0 Å². The molecule has 2 rings (SSSR count). The highest BCUT2D eigenvalue weighted by atomic mass is 35.5. The lowest BCUT2D eigenvalue weighted by Gasteiger charge is -2.13. The van der Waals surface area contributed by atoms with Crippen molar-refractivity contribution in [1.29, 1.82) is 0 Å². The maximum absolute atomic E-state index is 9.01. The Morgan fingerprint density at radius 3 is 2.60 bits per heavy atom. The SMILES string of the molecule is OCC1CCC(Oc2ccc(Cl)cc2)C1. The van der Waals surface area contributed by atoms with E-state index in [1.54, 1.807) is 0 Å². The molecule has 0 bridgehead atoms. The van der Waals surface area contributed by atoms with Crippen molar-refractivity contribution in [3.05, 3.63) is 29.3 Å². The fraction of sp³-hybridized carbons (Fsp3) is 0.500. The number of benzene rings is 1. The number of hydrogen-bond donors (Lipinski definition) is 1. The molecule has 0 aromatic heterocycles. The number of aliphatic hydroxyl groups is 1. The highest BCUT2D eigenvalue weighted by molar-refractivity contribution is 6.30. The summed E-state index contributed by atoms with van der Waals surface area (Å²) in [5, 5.41) is 9.74. The second-order valence-electron chi connectivity index (χ2n) is 4.06. The summed E-state index contributed by atoms with van der Waals surface area (Å²) in [7, 11) is 0. The molecule has 1 fully saturated rings. The highest BCUT2D eigenvalue weighted by Crippen LogP contribution is 2.29. The molecule has 2 unspecified atom stereocenters. The van der Waals surface area contributed by atoms with Gasteiger partial charge < -0.3 is 9.84 Å². The molecular formula is C12H15ClO2. The molecule has 1 aliphatic carbocycles. The number of rotatable bonds is 3. The van der Waals surface area contributed by atoms with Gasteiger partial charge in [0.2, 0.25) is 0 Å². The molecule has 3 heteroatoms. The summed E-state index contributed by atoms with van der Waals surface area (Å²) in [6, 6.07) is 7.42. The van der Waals surface area contributed by atoms with Crippen LogP contribution < -0.4 is 4.74 Å². The predicted octanol–water partition coefficient (Wildman–Crippen LogP) is 2.88. The van der Waals surface area contributed by atoms with Crippen LogP contribution in [-0.4, -0.2) is 17.8 Å².